The molecule has 0 aliphatic carbocycles. The molecule has 0 bridgehead atoms. The van der Waals surface area contributed by atoms with Gasteiger partial charge in [0.2, 0.25) is 0 Å². The van der Waals surface area contributed by atoms with Gasteiger partial charge in [-0.2, -0.15) is 0 Å². The Labute approximate surface area is 119 Å². The van der Waals surface area contributed by atoms with E-state index in [1.807, 2.05) is 0 Å². The third-order valence-corrected chi connectivity index (χ3v) is 4.86. The highest BCUT2D eigenvalue weighted by Gasteiger charge is 2.18. The van der Waals surface area contributed by atoms with Crippen molar-refractivity contribution in [3.63, 3.8) is 0 Å². The average Bonchev–Trinajstić information content (AvgIpc) is 2.81. The predicted octanol–water partition coefficient (Wildman–Crippen LogP) is 4.63. The van der Waals surface area contributed by atoms with E-state index < -0.39 is 6.10 Å². The standard InChI is InChI=1S/C17H22OS/c1-12-5-7-13(8-6-12)11-14(18)15-9-10-16(19-15)17(2,3)4/h5-10,14,18H,11H2,1-4H3. The van der Waals surface area contributed by atoms with Gasteiger partial charge < -0.3 is 5.11 Å². The Morgan fingerprint density at radius 1 is 1.05 bits per heavy atom. The average molecular weight is 274 g/mol. The number of thiophene rings is 1. The van der Waals surface area contributed by atoms with Gasteiger partial charge in [0.1, 0.15) is 0 Å². The molecule has 1 N–H and O–H groups in total. The van der Waals surface area contributed by atoms with E-state index in [0.29, 0.717) is 6.42 Å². The van der Waals surface area contributed by atoms with Crippen LogP contribution in [-0.2, 0) is 11.8 Å². The Morgan fingerprint density at radius 3 is 2.21 bits per heavy atom. The maximum absolute atomic E-state index is 10.3. The molecule has 0 spiro atoms. The molecule has 1 atom stereocenters. The maximum atomic E-state index is 10.3. The van der Waals surface area contributed by atoms with Gasteiger partial charge in [0.25, 0.3) is 0 Å². The third-order valence-electron chi connectivity index (χ3n) is 3.24. The third kappa shape index (κ3) is 3.68. The summed E-state index contributed by atoms with van der Waals surface area (Å²) in [5, 5.41) is 10.3. The van der Waals surface area contributed by atoms with Crippen molar-refractivity contribution in [1.82, 2.24) is 0 Å². The topological polar surface area (TPSA) is 20.2 Å². The lowest BCUT2D eigenvalue weighted by atomic mass is 9.95. The number of rotatable bonds is 3. The van der Waals surface area contributed by atoms with E-state index in [1.54, 1.807) is 11.3 Å². The summed E-state index contributed by atoms with van der Waals surface area (Å²) in [6.07, 6.45) is 0.286. The molecule has 0 fully saturated rings. The molecule has 0 saturated carbocycles. The first-order chi connectivity index (χ1) is 8.86. The summed E-state index contributed by atoms with van der Waals surface area (Å²) in [5.41, 5.74) is 2.60. The van der Waals surface area contributed by atoms with Gasteiger partial charge >= 0.3 is 0 Å². The minimum absolute atomic E-state index is 0.159. The van der Waals surface area contributed by atoms with Gasteiger partial charge in [-0.3, -0.25) is 0 Å². The Morgan fingerprint density at radius 2 is 1.68 bits per heavy atom. The summed E-state index contributed by atoms with van der Waals surface area (Å²) in [5.74, 6) is 0. The molecule has 2 aromatic rings. The van der Waals surface area contributed by atoms with Crippen molar-refractivity contribution in [2.45, 2.75) is 45.6 Å². The zero-order chi connectivity index (χ0) is 14.0. The summed E-state index contributed by atoms with van der Waals surface area (Å²) in [6, 6.07) is 12.6. The van der Waals surface area contributed by atoms with Crippen molar-refractivity contribution in [2.75, 3.05) is 0 Å². The SMILES string of the molecule is Cc1ccc(CC(O)c2ccc(C(C)(C)C)s2)cc1. The normalized spacial score (nSPS) is 13.5. The van der Waals surface area contributed by atoms with E-state index >= 15 is 0 Å². The van der Waals surface area contributed by atoms with Gasteiger partial charge in [-0.25, -0.2) is 0 Å². The molecule has 2 rings (SSSR count). The first kappa shape index (κ1) is 14.3. The van der Waals surface area contributed by atoms with Gasteiger partial charge in [-0.15, -0.1) is 11.3 Å². The van der Waals surface area contributed by atoms with Crippen molar-refractivity contribution in [1.29, 1.82) is 0 Å². The van der Waals surface area contributed by atoms with Crippen LogP contribution in [0.3, 0.4) is 0 Å². The van der Waals surface area contributed by atoms with Crippen LogP contribution in [0.25, 0.3) is 0 Å². The minimum atomic E-state index is -0.399. The van der Waals surface area contributed by atoms with Crippen LogP contribution in [0.5, 0.6) is 0 Å². The Hall–Kier alpha value is -1.12. The Bertz CT molecular complexity index is 531. The zero-order valence-corrected chi connectivity index (χ0v) is 12.9. The van der Waals surface area contributed by atoms with Crippen LogP contribution in [0.2, 0.25) is 0 Å². The lowest BCUT2D eigenvalue weighted by Crippen LogP contribution is -2.07. The van der Waals surface area contributed by atoms with E-state index in [4.69, 9.17) is 0 Å². The lowest BCUT2D eigenvalue weighted by molar-refractivity contribution is 0.182. The molecule has 1 aromatic heterocycles. The zero-order valence-electron chi connectivity index (χ0n) is 12.1. The fourth-order valence-corrected chi connectivity index (χ4v) is 3.03. The largest absolute Gasteiger partial charge is 0.387 e. The molecule has 0 saturated heterocycles. The molecule has 0 radical (unpaired) electrons. The van der Waals surface area contributed by atoms with Crippen molar-refractivity contribution >= 4 is 11.3 Å². The smallest absolute Gasteiger partial charge is 0.0922 e. The summed E-state index contributed by atoms with van der Waals surface area (Å²) in [6.45, 7) is 8.69. The van der Waals surface area contributed by atoms with Crippen LogP contribution < -0.4 is 0 Å². The Kier molecular flexibility index (Phi) is 4.12. The van der Waals surface area contributed by atoms with Crippen molar-refractivity contribution < 1.29 is 5.11 Å². The van der Waals surface area contributed by atoms with Gasteiger partial charge in [-0.1, -0.05) is 50.6 Å². The van der Waals surface area contributed by atoms with Crippen molar-refractivity contribution in [3.05, 3.63) is 57.3 Å². The maximum Gasteiger partial charge on any atom is 0.0922 e. The van der Waals surface area contributed by atoms with Crippen LogP contribution >= 0.6 is 11.3 Å². The van der Waals surface area contributed by atoms with E-state index in [2.05, 4.69) is 64.1 Å². The second-order valence-corrected chi connectivity index (χ2v) is 7.27. The monoisotopic (exact) mass is 274 g/mol. The number of hydrogen-bond acceptors (Lipinski definition) is 2. The molecule has 0 aliphatic rings. The molecule has 1 unspecified atom stereocenters. The second kappa shape index (κ2) is 5.48. The van der Waals surface area contributed by atoms with Crippen LogP contribution in [0.15, 0.2) is 36.4 Å². The van der Waals surface area contributed by atoms with Crippen molar-refractivity contribution in [2.24, 2.45) is 0 Å². The van der Waals surface area contributed by atoms with Crippen molar-refractivity contribution in [3.8, 4) is 0 Å². The van der Waals surface area contributed by atoms with Crippen LogP contribution in [0.4, 0.5) is 0 Å². The van der Waals surface area contributed by atoms with Crippen LogP contribution in [0, 0.1) is 6.92 Å². The first-order valence-corrected chi connectivity index (χ1v) is 7.52. The predicted molar refractivity (Wildman–Crippen MR) is 82.9 cm³/mol. The highest BCUT2D eigenvalue weighted by atomic mass is 32.1. The lowest BCUT2D eigenvalue weighted by Gasteiger charge is -2.15. The number of aliphatic hydroxyl groups excluding tert-OH is 1. The molecule has 0 amide bonds. The molecule has 1 heterocycles. The van der Waals surface area contributed by atoms with E-state index in [0.717, 1.165) is 4.88 Å². The Balaban J connectivity index is 2.09. The van der Waals surface area contributed by atoms with Gasteiger partial charge in [0.05, 0.1) is 6.10 Å². The molecule has 19 heavy (non-hydrogen) atoms. The fourth-order valence-electron chi connectivity index (χ4n) is 1.98. The number of aryl methyl sites for hydroxylation is 1. The molecule has 1 nitrogen and oxygen atoms in total. The first-order valence-electron chi connectivity index (χ1n) is 6.70. The van der Waals surface area contributed by atoms with E-state index in [1.165, 1.54) is 16.0 Å². The highest BCUT2D eigenvalue weighted by Crippen LogP contribution is 2.33. The summed E-state index contributed by atoms with van der Waals surface area (Å²) in [7, 11) is 0. The van der Waals surface area contributed by atoms with E-state index in [9.17, 15) is 5.11 Å². The summed E-state index contributed by atoms with van der Waals surface area (Å²) in [4.78, 5) is 2.39. The second-order valence-electron chi connectivity index (χ2n) is 6.16. The number of hydrogen-bond donors (Lipinski definition) is 1. The molecular formula is C17H22OS. The van der Waals surface area contributed by atoms with Gasteiger partial charge in [0, 0.05) is 16.2 Å². The number of benzene rings is 1. The molecule has 0 aliphatic heterocycles. The molecule has 1 aromatic carbocycles. The molecule has 102 valence electrons. The minimum Gasteiger partial charge on any atom is -0.387 e. The van der Waals surface area contributed by atoms with Gasteiger partial charge in [-0.05, 0) is 30.0 Å². The quantitative estimate of drug-likeness (QED) is 0.865. The van der Waals surface area contributed by atoms with Gasteiger partial charge in [0.15, 0.2) is 0 Å². The summed E-state index contributed by atoms with van der Waals surface area (Å²) < 4.78 is 0. The summed E-state index contributed by atoms with van der Waals surface area (Å²) >= 11 is 1.72. The van der Waals surface area contributed by atoms with E-state index in [-0.39, 0.29) is 5.41 Å². The molecule has 2 heteroatoms. The van der Waals surface area contributed by atoms with Crippen LogP contribution in [0.1, 0.15) is 47.8 Å². The highest BCUT2D eigenvalue weighted by molar-refractivity contribution is 7.12. The number of aliphatic hydroxyl groups is 1. The van der Waals surface area contributed by atoms with Crippen LogP contribution in [-0.4, -0.2) is 5.11 Å². The fraction of sp³-hybridized carbons (Fsp3) is 0.412. The molecular weight excluding hydrogens is 252 g/mol.